The molecule has 1 aliphatic rings. The molecule has 2 aromatic rings. The van der Waals surface area contributed by atoms with Crippen molar-refractivity contribution in [2.45, 2.75) is 5.75 Å². The minimum Gasteiger partial charge on any atom is -0.366 e. The molecule has 0 N–H and O–H groups in total. The number of amides is 1. The number of thioether (sulfide) groups is 1. The molecule has 1 amide bonds. The van der Waals surface area contributed by atoms with E-state index < -0.39 is 0 Å². The van der Waals surface area contributed by atoms with E-state index in [4.69, 9.17) is 5.26 Å². The Morgan fingerprint density at radius 2 is 1.77 bits per heavy atom. The first kappa shape index (κ1) is 18.3. The van der Waals surface area contributed by atoms with Gasteiger partial charge in [-0.1, -0.05) is 24.3 Å². The average molecular weight is 369 g/mol. The third-order valence-electron chi connectivity index (χ3n) is 4.40. The first-order chi connectivity index (χ1) is 12.7. The van der Waals surface area contributed by atoms with Crippen molar-refractivity contribution < 1.29 is 9.18 Å². The second-order valence-electron chi connectivity index (χ2n) is 6.12. The Morgan fingerprint density at radius 3 is 2.42 bits per heavy atom. The molecule has 0 aliphatic carbocycles. The summed E-state index contributed by atoms with van der Waals surface area (Å²) in [6, 6.07) is 16.3. The Labute approximate surface area is 157 Å². The second-order valence-corrected chi connectivity index (χ2v) is 7.11. The van der Waals surface area contributed by atoms with Crippen LogP contribution in [0.4, 0.5) is 10.1 Å². The number of anilines is 1. The SMILES string of the molecule is N#Cc1ccc(CSCC(=O)N2CCN(c3ccccc3F)CC2)cc1. The minimum absolute atomic E-state index is 0.122. The van der Waals surface area contributed by atoms with Gasteiger partial charge in [0.2, 0.25) is 5.91 Å². The molecular formula is C20H20FN3OS. The summed E-state index contributed by atoms with van der Waals surface area (Å²) in [4.78, 5) is 16.2. The molecule has 1 heterocycles. The standard InChI is InChI=1S/C20H20FN3OS/c21-18-3-1-2-4-19(18)23-9-11-24(12-10-23)20(25)15-26-14-17-7-5-16(13-22)6-8-17/h1-8H,9-12,14-15H2. The smallest absolute Gasteiger partial charge is 0.232 e. The number of halogens is 1. The van der Waals surface area contributed by atoms with Gasteiger partial charge in [0.15, 0.2) is 0 Å². The van der Waals surface area contributed by atoms with E-state index in [1.165, 1.54) is 6.07 Å². The van der Waals surface area contributed by atoms with Gasteiger partial charge >= 0.3 is 0 Å². The van der Waals surface area contributed by atoms with E-state index in [0.717, 1.165) is 11.3 Å². The summed E-state index contributed by atoms with van der Waals surface area (Å²) in [6.45, 7) is 2.52. The highest BCUT2D eigenvalue weighted by molar-refractivity contribution is 7.99. The van der Waals surface area contributed by atoms with Crippen LogP contribution in [0, 0.1) is 17.1 Å². The summed E-state index contributed by atoms with van der Waals surface area (Å²) in [5.41, 5.74) is 2.35. The van der Waals surface area contributed by atoms with E-state index in [9.17, 15) is 9.18 Å². The molecule has 26 heavy (non-hydrogen) atoms. The van der Waals surface area contributed by atoms with E-state index in [-0.39, 0.29) is 11.7 Å². The zero-order chi connectivity index (χ0) is 18.4. The molecule has 4 nitrogen and oxygen atoms in total. The Bertz CT molecular complexity index is 795. The van der Waals surface area contributed by atoms with Crippen molar-refractivity contribution in [1.29, 1.82) is 5.26 Å². The van der Waals surface area contributed by atoms with Gasteiger partial charge < -0.3 is 9.80 Å². The first-order valence-electron chi connectivity index (χ1n) is 8.51. The Hall–Kier alpha value is -2.52. The highest BCUT2D eigenvalue weighted by atomic mass is 32.2. The van der Waals surface area contributed by atoms with Crippen molar-refractivity contribution in [1.82, 2.24) is 4.90 Å². The van der Waals surface area contributed by atoms with E-state index in [0.29, 0.717) is 43.2 Å². The number of carbonyl (C=O) groups excluding carboxylic acids is 1. The molecule has 0 unspecified atom stereocenters. The zero-order valence-corrected chi connectivity index (χ0v) is 15.2. The molecule has 2 aromatic carbocycles. The molecule has 0 aromatic heterocycles. The summed E-state index contributed by atoms with van der Waals surface area (Å²) < 4.78 is 13.9. The average Bonchev–Trinajstić information content (AvgIpc) is 2.69. The number of carbonyl (C=O) groups is 1. The van der Waals surface area contributed by atoms with Gasteiger partial charge in [-0.2, -0.15) is 5.26 Å². The highest BCUT2D eigenvalue weighted by Gasteiger charge is 2.22. The van der Waals surface area contributed by atoms with Gasteiger partial charge in [-0.3, -0.25) is 4.79 Å². The summed E-state index contributed by atoms with van der Waals surface area (Å²) in [5, 5.41) is 8.80. The molecule has 0 saturated carbocycles. The second kappa shape index (κ2) is 8.72. The number of benzene rings is 2. The normalized spacial score (nSPS) is 14.2. The van der Waals surface area contributed by atoms with Crippen LogP contribution in [0.25, 0.3) is 0 Å². The summed E-state index contributed by atoms with van der Waals surface area (Å²) in [6.07, 6.45) is 0. The van der Waals surface area contributed by atoms with Crippen molar-refractivity contribution in [3.05, 3.63) is 65.5 Å². The molecule has 0 atom stereocenters. The molecule has 6 heteroatoms. The predicted molar refractivity (Wildman–Crippen MR) is 103 cm³/mol. The molecule has 0 radical (unpaired) electrons. The van der Waals surface area contributed by atoms with Crippen LogP contribution >= 0.6 is 11.8 Å². The van der Waals surface area contributed by atoms with E-state index in [1.807, 2.05) is 28.0 Å². The van der Waals surface area contributed by atoms with Gasteiger partial charge in [0.1, 0.15) is 5.82 Å². The number of piperazine rings is 1. The van der Waals surface area contributed by atoms with Gasteiger partial charge in [-0.05, 0) is 29.8 Å². The fourth-order valence-electron chi connectivity index (χ4n) is 2.93. The molecule has 1 aliphatic heterocycles. The van der Waals surface area contributed by atoms with E-state index >= 15 is 0 Å². The van der Waals surface area contributed by atoms with Gasteiger partial charge in [0.25, 0.3) is 0 Å². The van der Waals surface area contributed by atoms with Crippen molar-refractivity contribution in [3.63, 3.8) is 0 Å². The van der Waals surface area contributed by atoms with Crippen molar-refractivity contribution >= 4 is 23.4 Å². The van der Waals surface area contributed by atoms with Crippen LogP contribution in [0.15, 0.2) is 48.5 Å². The molecule has 1 saturated heterocycles. The molecule has 0 spiro atoms. The minimum atomic E-state index is -0.217. The Morgan fingerprint density at radius 1 is 1.08 bits per heavy atom. The van der Waals surface area contributed by atoms with Crippen LogP contribution in [-0.4, -0.2) is 42.7 Å². The lowest BCUT2D eigenvalue weighted by Crippen LogP contribution is -2.49. The largest absolute Gasteiger partial charge is 0.366 e. The summed E-state index contributed by atoms with van der Waals surface area (Å²) in [7, 11) is 0. The third kappa shape index (κ3) is 4.55. The lowest BCUT2D eigenvalue weighted by atomic mass is 10.2. The van der Waals surface area contributed by atoms with Gasteiger partial charge in [-0.25, -0.2) is 4.39 Å². The molecule has 1 fully saturated rings. The number of hydrogen-bond acceptors (Lipinski definition) is 4. The lowest BCUT2D eigenvalue weighted by molar-refractivity contribution is -0.128. The lowest BCUT2D eigenvalue weighted by Gasteiger charge is -2.36. The van der Waals surface area contributed by atoms with Crippen LogP contribution in [0.1, 0.15) is 11.1 Å². The Balaban J connectivity index is 1.43. The first-order valence-corrected chi connectivity index (χ1v) is 9.67. The molecular weight excluding hydrogens is 349 g/mol. The van der Waals surface area contributed by atoms with Crippen LogP contribution in [-0.2, 0) is 10.5 Å². The third-order valence-corrected chi connectivity index (χ3v) is 5.39. The van der Waals surface area contributed by atoms with Crippen LogP contribution in [0.2, 0.25) is 0 Å². The number of hydrogen-bond donors (Lipinski definition) is 0. The molecule has 134 valence electrons. The van der Waals surface area contributed by atoms with Gasteiger partial charge in [-0.15, -0.1) is 11.8 Å². The maximum atomic E-state index is 13.9. The number of nitriles is 1. The van der Waals surface area contributed by atoms with Crippen LogP contribution in [0.3, 0.4) is 0 Å². The van der Waals surface area contributed by atoms with Gasteiger partial charge in [0.05, 0.1) is 23.1 Å². The Kier molecular flexibility index (Phi) is 6.13. The fourth-order valence-corrected chi connectivity index (χ4v) is 3.82. The maximum absolute atomic E-state index is 13.9. The monoisotopic (exact) mass is 369 g/mol. The number of nitrogens with zero attached hydrogens (tertiary/aromatic N) is 3. The topological polar surface area (TPSA) is 47.3 Å². The fraction of sp³-hybridized carbons (Fsp3) is 0.300. The molecule has 0 bridgehead atoms. The number of para-hydroxylation sites is 1. The van der Waals surface area contributed by atoms with E-state index in [1.54, 1.807) is 36.0 Å². The van der Waals surface area contributed by atoms with Crippen molar-refractivity contribution in [2.24, 2.45) is 0 Å². The summed E-state index contributed by atoms with van der Waals surface area (Å²) >= 11 is 1.57. The van der Waals surface area contributed by atoms with Crippen LogP contribution in [0.5, 0.6) is 0 Å². The quantitative estimate of drug-likeness (QED) is 0.812. The van der Waals surface area contributed by atoms with Crippen LogP contribution < -0.4 is 4.90 Å². The zero-order valence-electron chi connectivity index (χ0n) is 14.4. The molecule has 3 rings (SSSR count). The predicted octanol–water partition coefficient (Wildman–Crippen LogP) is 3.28. The van der Waals surface area contributed by atoms with Crippen molar-refractivity contribution in [3.8, 4) is 6.07 Å². The van der Waals surface area contributed by atoms with E-state index in [2.05, 4.69) is 6.07 Å². The van der Waals surface area contributed by atoms with Crippen molar-refractivity contribution in [2.75, 3.05) is 36.8 Å². The van der Waals surface area contributed by atoms with Gasteiger partial charge in [0, 0.05) is 31.9 Å². The maximum Gasteiger partial charge on any atom is 0.232 e. The highest BCUT2D eigenvalue weighted by Crippen LogP contribution is 2.21. The number of rotatable bonds is 5. The summed E-state index contributed by atoms with van der Waals surface area (Å²) in [5.74, 6) is 1.08.